The second-order valence-electron chi connectivity index (χ2n) is 7.15. The van der Waals surface area contributed by atoms with E-state index in [-0.39, 0.29) is 0 Å². The Labute approximate surface area is 161 Å². The van der Waals surface area contributed by atoms with E-state index in [1.54, 1.807) is 12.1 Å². The van der Waals surface area contributed by atoms with E-state index in [2.05, 4.69) is 41.0 Å². The molecule has 5 heteroatoms. The number of carboxylic acid groups (broad SMARTS) is 1. The summed E-state index contributed by atoms with van der Waals surface area (Å²) in [6.07, 6.45) is 0. The molecular formula is C22H28N2O3. The molecule has 0 radical (unpaired) electrons. The molecule has 0 aromatic heterocycles. The molecule has 27 heavy (non-hydrogen) atoms. The van der Waals surface area contributed by atoms with E-state index in [4.69, 9.17) is 9.84 Å². The van der Waals surface area contributed by atoms with Gasteiger partial charge in [0.15, 0.2) is 0 Å². The summed E-state index contributed by atoms with van der Waals surface area (Å²) in [4.78, 5) is 16.0. The third kappa shape index (κ3) is 5.89. The predicted molar refractivity (Wildman–Crippen MR) is 106 cm³/mol. The van der Waals surface area contributed by atoms with Crippen molar-refractivity contribution < 1.29 is 14.6 Å². The van der Waals surface area contributed by atoms with Crippen molar-refractivity contribution >= 4 is 5.97 Å². The zero-order valence-electron chi connectivity index (χ0n) is 15.9. The molecule has 1 aliphatic rings. The van der Waals surface area contributed by atoms with Gasteiger partial charge >= 0.3 is 5.97 Å². The van der Waals surface area contributed by atoms with Crippen molar-refractivity contribution in [1.29, 1.82) is 0 Å². The number of hydrogen-bond donors (Lipinski definition) is 1. The summed E-state index contributed by atoms with van der Waals surface area (Å²) in [5.74, 6) is -0.886. The van der Waals surface area contributed by atoms with Crippen LogP contribution in [0.25, 0.3) is 0 Å². The van der Waals surface area contributed by atoms with Gasteiger partial charge in [-0.15, -0.1) is 0 Å². The van der Waals surface area contributed by atoms with Crippen LogP contribution in [0.3, 0.4) is 0 Å². The number of carbonyl (C=O) groups is 1. The van der Waals surface area contributed by atoms with Crippen LogP contribution >= 0.6 is 0 Å². The van der Waals surface area contributed by atoms with Crippen molar-refractivity contribution in [3.8, 4) is 0 Å². The highest BCUT2D eigenvalue weighted by Gasteiger charge is 2.20. The molecule has 3 rings (SSSR count). The van der Waals surface area contributed by atoms with Crippen LogP contribution in [0.1, 0.15) is 28.4 Å². The van der Waals surface area contributed by atoms with Crippen LogP contribution in [0, 0.1) is 0 Å². The van der Waals surface area contributed by atoms with Crippen molar-refractivity contribution in [2.75, 3.05) is 32.8 Å². The Balaban J connectivity index is 1.70. The van der Waals surface area contributed by atoms with Crippen molar-refractivity contribution in [3.63, 3.8) is 0 Å². The Bertz CT molecular complexity index is 712. The summed E-state index contributed by atoms with van der Waals surface area (Å²) in [6.45, 7) is 8.51. The Morgan fingerprint density at radius 1 is 1.04 bits per heavy atom. The van der Waals surface area contributed by atoms with Gasteiger partial charge in [0.2, 0.25) is 0 Å². The fourth-order valence-electron chi connectivity index (χ4n) is 3.45. The fourth-order valence-corrected chi connectivity index (χ4v) is 3.45. The quantitative estimate of drug-likeness (QED) is 0.776. The van der Waals surface area contributed by atoms with Gasteiger partial charge in [0.05, 0.1) is 18.8 Å². The van der Waals surface area contributed by atoms with Gasteiger partial charge in [-0.05, 0) is 30.2 Å². The molecule has 2 aromatic rings. The van der Waals surface area contributed by atoms with Gasteiger partial charge in [0.25, 0.3) is 0 Å². The van der Waals surface area contributed by atoms with Gasteiger partial charge in [0.1, 0.15) is 0 Å². The zero-order valence-corrected chi connectivity index (χ0v) is 15.9. The summed E-state index contributed by atoms with van der Waals surface area (Å²) in [5, 5.41) is 9.10. The van der Waals surface area contributed by atoms with Gasteiger partial charge in [0, 0.05) is 38.8 Å². The average molecular weight is 368 g/mol. The molecule has 2 aromatic carbocycles. The summed E-state index contributed by atoms with van der Waals surface area (Å²) in [5.41, 5.74) is 2.74. The molecule has 5 nitrogen and oxygen atoms in total. The Kier molecular flexibility index (Phi) is 6.98. The first-order chi connectivity index (χ1) is 13.1. The number of nitrogens with zero attached hydrogens (tertiary/aromatic N) is 2. The van der Waals surface area contributed by atoms with E-state index < -0.39 is 5.97 Å². The largest absolute Gasteiger partial charge is 0.478 e. The molecule has 0 aliphatic carbocycles. The van der Waals surface area contributed by atoms with E-state index in [0.717, 1.165) is 51.5 Å². The topological polar surface area (TPSA) is 53.0 Å². The minimum atomic E-state index is -0.886. The minimum absolute atomic E-state index is 0.328. The lowest BCUT2D eigenvalue weighted by Gasteiger charge is -2.35. The molecule has 1 heterocycles. The first-order valence-electron chi connectivity index (χ1n) is 9.52. The van der Waals surface area contributed by atoms with E-state index >= 15 is 0 Å². The van der Waals surface area contributed by atoms with Crippen LogP contribution in [0.5, 0.6) is 0 Å². The van der Waals surface area contributed by atoms with Gasteiger partial charge in [-0.2, -0.15) is 0 Å². The zero-order chi connectivity index (χ0) is 19.1. The molecule has 1 atom stereocenters. The third-order valence-electron chi connectivity index (χ3n) is 5.06. The predicted octanol–water partition coefficient (Wildman–Crippen LogP) is 3.11. The lowest BCUT2D eigenvalue weighted by Crippen LogP contribution is -2.45. The van der Waals surface area contributed by atoms with E-state index in [0.29, 0.717) is 11.6 Å². The highest BCUT2D eigenvalue weighted by molar-refractivity contribution is 5.87. The SMILES string of the molecule is CC(CN1CCOCC1)N(Cc1ccccc1)Cc1ccc(C(=O)O)cc1. The Morgan fingerprint density at radius 2 is 1.63 bits per heavy atom. The Hall–Kier alpha value is -2.21. The van der Waals surface area contributed by atoms with Crippen molar-refractivity contribution in [2.45, 2.75) is 26.1 Å². The van der Waals surface area contributed by atoms with Crippen molar-refractivity contribution in [1.82, 2.24) is 9.80 Å². The summed E-state index contributed by atoms with van der Waals surface area (Å²) in [7, 11) is 0. The molecular weight excluding hydrogens is 340 g/mol. The lowest BCUT2D eigenvalue weighted by atomic mass is 10.1. The van der Waals surface area contributed by atoms with Crippen LogP contribution in [0.4, 0.5) is 0 Å². The molecule has 1 unspecified atom stereocenters. The number of carboxylic acids is 1. The van der Waals surface area contributed by atoms with Gasteiger partial charge in [-0.3, -0.25) is 9.80 Å². The highest BCUT2D eigenvalue weighted by atomic mass is 16.5. The Morgan fingerprint density at radius 3 is 2.22 bits per heavy atom. The number of benzene rings is 2. The molecule has 0 spiro atoms. The smallest absolute Gasteiger partial charge is 0.335 e. The molecule has 1 N–H and O–H groups in total. The number of morpholine rings is 1. The second-order valence-corrected chi connectivity index (χ2v) is 7.15. The maximum Gasteiger partial charge on any atom is 0.335 e. The van der Waals surface area contributed by atoms with Gasteiger partial charge in [-0.1, -0.05) is 42.5 Å². The number of ether oxygens (including phenoxy) is 1. The second kappa shape index (κ2) is 9.65. The summed E-state index contributed by atoms with van der Waals surface area (Å²) >= 11 is 0. The maximum absolute atomic E-state index is 11.1. The first kappa shape index (κ1) is 19.5. The molecule has 1 saturated heterocycles. The van der Waals surface area contributed by atoms with E-state index in [1.807, 2.05) is 18.2 Å². The number of rotatable bonds is 8. The molecule has 0 saturated carbocycles. The molecule has 1 aliphatic heterocycles. The summed E-state index contributed by atoms with van der Waals surface area (Å²) in [6, 6.07) is 18.1. The number of hydrogen-bond acceptors (Lipinski definition) is 4. The first-order valence-corrected chi connectivity index (χ1v) is 9.52. The van der Waals surface area contributed by atoms with Gasteiger partial charge in [-0.25, -0.2) is 4.79 Å². The van der Waals surface area contributed by atoms with Gasteiger partial charge < -0.3 is 9.84 Å². The van der Waals surface area contributed by atoms with E-state index in [1.165, 1.54) is 5.56 Å². The lowest BCUT2D eigenvalue weighted by molar-refractivity contribution is 0.0226. The molecule has 144 valence electrons. The van der Waals surface area contributed by atoms with Crippen LogP contribution < -0.4 is 0 Å². The van der Waals surface area contributed by atoms with Crippen LogP contribution in [-0.2, 0) is 17.8 Å². The van der Waals surface area contributed by atoms with Crippen LogP contribution in [-0.4, -0.2) is 59.8 Å². The maximum atomic E-state index is 11.1. The monoisotopic (exact) mass is 368 g/mol. The normalized spacial score (nSPS) is 16.4. The van der Waals surface area contributed by atoms with Crippen LogP contribution in [0.2, 0.25) is 0 Å². The number of aromatic carboxylic acids is 1. The summed E-state index contributed by atoms with van der Waals surface area (Å²) < 4.78 is 5.46. The molecule has 0 amide bonds. The van der Waals surface area contributed by atoms with Crippen LogP contribution in [0.15, 0.2) is 54.6 Å². The minimum Gasteiger partial charge on any atom is -0.478 e. The highest BCUT2D eigenvalue weighted by Crippen LogP contribution is 2.16. The third-order valence-corrected chi connectivity index (χ3v) is 5.06. The van der Waals surface area contributed by atoms with Crippen molar-refractivity contribution in [3.05, 3.63) is 71.3 Å². The average Bonchev–Trinajstić information content (AvgIpc) is 2.69. The van der Waals surface area contributed by atoms with Crippen molar-refractivity contribution in [2.24, 2.45) is 0 Å². The van der Waals surface area contributed by atoms with E-state index in [9.17, 15) is 4.79 Å². The standard InChI is InChI=1S/C22H28N2O3/c1-18(15-23-11-13-27-14-12-23)24(16-19-5-3-2-4-6-19)17-20-7-9-21(10-8-20)22(25)26/h2-10,18H,11-17H2,1H3,(H,25,26). The molecule has 1 fully saturated rings. The molecule has 0 bridgehead atoms. The fraction of sp³-hybridized carbons (Fsp3) is 0.409.